The number of rotatable bonds is 4. The van der Waals surface area contributed by atoms with Gasteiger partial charge in [0.25, 0.3) is 0 Å². The third-order valence-electron chi connectivity index (χ3n) is 11.1. The number of hydrogen-bond donors (Lipinski definition) is 0. The zero-order chi connectivity index (χ0) is 33.5. The van der Waals surface area contributed by atoms with E-state index >= 15 is 4.57 Å². The Bertz CT molecular complexity index is 2600. The van der Waals surface area contributed by atoms with Gasteiger partial charge in [-0.2, -0.15) is 0 Å². The Morgan fingerprint density at radius 2 is 0.900 bits per heavy atom. The zero-order valence-corrected chi connectivity index (χ0v) is 28.6. The van der Waals surface area contributed by atoms with Gasteiger partial charge in [0.15, 0.2) is 7.14 Å². The number of aryl methyl sites for hydroxylation is 1. The standard InChI is InChI=1S/C48H33OP/c1-32-30-41(33-16-14-21-36(31-33)50(49,34-17-4-2-5-18-34)35-19-6-3-7-20-35)39-25-15-29-45-47(39)46(32)40-24-10-13-28-44(40)48(45)42-26-11-8-22-37(42)38-23-9-12-27-43(38)48/h2-31H,1H3. The molecule has 0 bridgehead atoms. The van der Waals surface area contributed by atoms with Crippen LogP contribution in [0.2, 0.25) is 0 Å². The van der Waals surface area contributed by atoms with Crippen molar-refractivity contribution in [2.24, 2.45) is 0 Å². The molecule has 2 heteroatoms. The molecule has 8 aromatic carbocycles. The van der Waals surface area contributed by atoms with Gasteiger partial charge in [0.1, 0.15) is 0 Å². The van der Waals surface area contributed by atoms with Crippen molar-refractivity contribution in [1.82, 2.24) is 0 Å². The second kappa shape index (κ2) is 10.9. The molecule has 10 rings (SSSR count). The van der Waals surface area contributed by atoms with Crippen molar-refractivity contribution in [1.29, 1.82) is 0 Å². The maximum absolute atomic E-state index is 15.4. The lowest BCUT2D eigenvalue weighted by atomic mass is 9.61. The van der Waals surface area contributed by atoms with Gasteiger partial charge in [-0.05, 0) is 85.0 Å². The number of fused-ring (bicyclic) bond motifs is 9. The normalized spacial score (nSPS) is 13.5. The first-order chi connectivity index (χ1) is 24.6. The third-order valence-corrected chi connectivity index (χ3v) is 14.1. The van der Waals surface area contributed by atoms with Crippen molar-refractivity contribution in [3.8, 4) is 33.4 Å². The van der Waals surface area contributed by atoms with Crippen molar-refractivity contribution in [2.45, 2.75) is 12.3 Å². The summed E-state index contributed by atoms with van der Waals surface area (Å²) in [5.74, 6) is 0. The highest BCUT2D eigenvalue weighted by molar-refractivity contribution is 7.85. The highest BCUT2D eigenvalue weighted by atomic mass is 31.2. The molecule has 236 valence electrons. The van der Waals surface area contributed by atoms with E-state index in [0.29, 0.717) is 0 Å². The molecule has 1 nitrogen and oxygen atoms in total. The minimum atomic E-state index is -3.15. The van der Waals surface area contributed by atoms with Crippen LogP contribution in [0.5, 0.6) is 0 Å². The largest absolute Gasteiger partial charge is 0.309 e. The molecule has 2 aliphatic rings. The highest BCUT2D eigenvalue weighted by Crippen LogP contribution is 2.62. The van der Waals surface area contributed by atoms with Crippen LogP contribution >= 0.6 is 7.14 Å². The fraction of sp³-hybridized carbons (Fsp3) is 0.0417. The summed E-state index contributed by atoms with van der Waals surface area (Å²) >= 11 is 0. The van der Waals surface area contributed by atoms with Crippen LogP contribution < -0.4 is 15.9 Å². The molecule has 1 spiro atoms. The fourth-order valence-electron chi connectivity index (χ4n) is 9.09. The number of hydrogen-bond acceptors (Lipinski definition) is 1. The minimum Gasteiger partial charge on any atom is -0.309 e. The summed E-state index contributed by atoms with van der Waals surface area (Å²) in [5.41, 5.74) is 13.5. The van der Waals surface area contributed by atoms with Crippen LogP contribution in [0.1, 0.15) is 27.8 Å². The molecule has 8 aromatic rings. The van der Waals surface area contributed by atoms with E-state index < -0.39 is 12.6 Å². The Morgan fingerprint density at radius 3 is 1.52 bits per heavy atom. The van der Waals surface area contributed by atoms with E-state index in [1.807, 2.05) is 66.7 Å². The Morgan fingerprint density at radius 1 is 0.420 bits per heavy atom. The summed E-state index contributed by atoms with van der Waals surface area (Å²) in [6.07, 6.45) is 0. The van der Waals surface area contributed by atoms with Gasteiger partial charge in [0.05, 0.1) is 5.41 Å². The Hall–Kier alpha value is -5.75. The molecule has 2 aliphatic carbocycles. The number of benzene rings is 8. The first-order valence-corrected chi connectivity index (χ1v) is 19.0. The van der Waals surface area contributed by atoms with Crippen LogP contribution in [0.15, 0.2) is 182 Å². The summed E-state index contributed by atoms with van der Waals surface area (Å²) in [4.78, 5) is 0. The molecule has 0 radical (unpaired) electrons. The van der Waals surface area contributed by atoms with Crippen LogP contribution in [-0.2, 0) is 9.98 Å². The van der Waals surface area contributed by atoms with Gasteiger partial charge >= 0.3 is 0 Å². The molecular formula is C48H33OP. The Labute approximate surface area is 292 Å². The molecular weight excluding hydrogens is 624 g/mol. The summed E-state index contributed by atoms with van der Waals surface area (Å²) in [7, 11) is -3.15. The average molecular weight is 657 g/mol. The molecule has 0 heterocycles. The monoisotopic (exact) mass is 656 g/mol. The van der Waals surface area contributed by atoms with Crippen LogP contribution in [0.4, 0.5) is 0 Å². The van der Waals surface area contributed by atoms with Crippen molar-refractivity contribution in [2.75, 3.05) is 0 Å². The van der Waals surface area contributed by atoms with E-state index in [-0.39, 0.29) is 0 Å². The molecule has 0 saturated carbocycles. The van der Waals surface area contributed by atoms with Crippen molar-refractivity contribution < 1.29 is 4.57 Å². The molecule has 0 amide bonds. The Balaban J connectivity index is 1.28. The first kappa shape index (κ1) is 29.2. The molecule has 0 aromatic heterocycles. The Kier molecular flexibility index (Phi) is 6.35. The van der Waals surface area contributed by atoms with Gasteiger partial charge in [0.2, 0.25) is 0 Å². The first-order valence-electron chi connectivity index (χ1n) is 17.3. The molecule has 0 saturated heterocycles. The maximum atomic E-state index is 15.4. The van der Waals surface area contributed by atoms with Crippen molar-refractivity contribution in [3.63, 3.8) is 0 Å². The summed E-state index contributed by atoms with van der Waals surface area (Å²) in [6, 6.07) is 64.6. The minimum absolute atomic E-state index is 0.445. The van der Waals surface area contributed by atoms with Gasteiger partial charge < -0.3 is 4.57 Å². The van der Waals surface area contributed by atoms with Crippen molar-refractivity contribution >= 4 is 33.8 Å². The van der Waals surface area contributed by atoms with Gasteiger partial charge in [-0.3, -0.25) is 0 Å². The smallest absolute Gasteiger partial charge is 0.171 e. The molecule has 0 fully saturated rings. The molecule has 0 unspecified atom stereocenters. The van der Waals surface area contributed by atoms with E-state index in [1.54, 1.807) is 0 Å². The summed E-state index contributed by atoms with van der Waals surface area (Å²) in [6.45, 7) is 2.25. The second-order valence-corrected chi connectivity index (χ2v) is 16.3. The fourth-order valence-corrected chi connectivity index (χ4v) is 11.8. The average Bonchev–Trinajstić information content (AvgIpc) is 3.48. The molecule has 0 N–H and O–H groups in total. The lowest BCUT2D eigenvalue weighted by molar-refractivity contribution is 0.592. The van der Waals surface area contributed by atoms with E-state index in [9.17, 15) is 0 Å². The van der Waals surface area contributed by atoms with E-state index in [0.717, 1.165) is 27.0 Å². The lowest BCUT2D eigenvalue weighted by Crippen LogP contribution is -2.32. The van der Waals surface area contributed by atoms with Gasteiger partial charge in [-0.25, -0.2) is 0 Å². The van der Waals surface area contributed by atoms with Crippen LogP contribution in [0.25, 0.3) is 44.2 Å². The molecule has 50 heavy (non-hydrogen) atoms. The zero-order valence-electron chi connectivity index (χ0n) is 27.7. The van der Waals surface area contributed by atoms with E-state index in [1.165, 1.54) is 60.8 Å². The predicted octanol–water partition coefficient (Wildman–Crippen LogP) is 10.8. The van der Waals surface area contributed by atoms with Crippen molar-refractivity contribution in [3.05, 3.63) is 210 Å². The molecule has 0 aliphatic heterocycles. The quantitative estimate of drug-likeness (QED) is 0.172. The summed E-state index contributed by atoms with van der Waals surface area (Å²) in [5, 5.41) is 5.03. The second-order valence-electron chi connectivity index (χ2n) is 13.6. The van der Waals surface area contributed by atoms with Crippen LogP contribution in [-0.4, -0.2) is 0 Å². The van der Waals surface area contributed by atoms with Crippen LogP contribution in [0, 0.1) is 6.92 Å². The highest BCUT2D eigenvalue weighted by Gasteiger charge is 2.50. The third kappa shape index (κ3) is 3.82. The summed E-state index contributed by atoms with van der Waals surface area (Å²) < 4.78 is 15.4. The lowest BCUT2D eigenvalue weighted by Gasteiger charge is -2.40. The maximum Gasteiger partial charge on any atom is 0.171 e. The topological polar surface area (TPSA) is 17.1 Å². The van der Waals surface area contributed by atoms with E-state index in [4.69, 9.17) is 0 Å². The van der Waals surface area contributed by atoms with Gasteiger partial charge in [-0.15, -0.1) is 0 Å². The molecule has 0 atom stereocenters. The van der Waals surface area contributed by atoms with Gasteiger partial charge in [-0.1, -0.05) is 176 Å². The SMILES string of the molecule is Cc1cc(-c2cccc(P(=O)(c3ccccc3)c3ccccc3)c2)c2cccc3c2c1-c1ccccc1C31c2ccccc2-c2ccccc21. The van der Waals surface area contributed by atoms with E-state index in [2.05, 4.69) is 122 Å². The van der Waals surface area contributed by atoms with Crippen LogP contribution in [0.3, 0.4) is 0 Å². The van der Waals surface area contributed by atoms with Gasteiger partial charge in [0, 0.05) is 15.9 Å². The predicted molar refractivity (Wildman–Crippen MR) is 210 cm³/mol.